The third kappa shape index (κ3) is 4.39. The minimum absolute atomic E-state index is 0. The zero-order chi connectivity index (χ0) is 9.14. The van der Waals surface area contributed by atoms with Gasteiger partial charge in [0, 0.05) is 6.10 Å². The molecule has 1 N–H and O–H groups in total. The summed E-state index contributed by atoms with van der Waals surface area (Å²) < 4.78 is 5.15. The van der Waals surface area contributed by atoms with Crippen LogP contribution in [-0.4, -0.2) is 18.3 Å². The molecule has 72 valence electrons. The molecule has 3 unspecified atom stereocenters. The first-order valence-corrected chi connectivity index (χ1v) is 4.70. The van der Waals surface area contributed by atoms with Crippen molar-refractivity contribution in [3.8, 4) is 0 Å². The van der Waals surface area contributed by atoms with Crippen LogP contribution in [0.3, 0.4) is 0 Å². The Morgan fingerprint density at radius 2 is 2.00 bits per heavy atom. The van der Waals surface area contributed by atoms with Crippen molar-refractivity contribution < 1.29 is 68.0 Å². The summed E-state index contributed by atoms with van der Waals surface area (Å²) >= 11 is 0. The van der Waals surface area contributed by atoms with E-state index in [9.17, 15) is 5.11 Å². The van der Waals surface area contributed by atoms with Crippen LogP contribution in [0.2, 0.25) is 0 Å². The van der Waals surface area contributed by atoms with Gasteiger partial charge >= 0.3 is 58.2 Å². The summed E-state index contributed by atoms with van der Waals surface area (Å²) in [5.74, 6) is 0.937. The van der Waals surface area contributed by atoms with Gasteiger partial charge in [0.15, 0.2) is 0 Å². The minimum atomic E-state index is -0.186. The first-order valence-electron chi connectivity index (χ1n) is 4.70. The zero-order valence-electron chi connectivity index (χ0n) is 9.21. The number of aliphatic hydroxyl groups excluding tert-OH is 1. The number of ether oxygens (including phenoxy) is 1. The van der Waals surface area contributed by atoms with E-state index < -0.39 is 0 Å². The predicted octanol–water partition coefficient (Wildman–Crippen LogP) is -1.01. The summed E-state index contributed by atoms with van der Waals surface area (Å²) in [4.78, 5) is 0. The van der Waals surface area contributed by atoms with Crippen molar-refractivity contribution in [1.82, 2.24) is 0 Å². The number of rotatable bonds is 2. The van der Waals surface area contributed by atoms with Crippen molar-refractivity contribution in [3.05, 3.63) is 6.10 Å². The fourth-order valence-corrected chi connectivity index (χ4v) is 1.98. The zero-order valence-corrected chi connectivity index (χ0v) is 14.1. The number of hydrogen-bond acceptors (Lipinski definition) is 2. The van der Waals surface area contributed by atoms with Crippen LogP contribution in [0.4, 0.5) is 0 Å². The van der Waals surface area contributed by atoms with Crippen LogP contribution in [0.15, 0.2) is 0 Å². The number of methoxy groups -OCH3 is 1. The molecule has 0 aromatic carbocycles. The Kier molecular flexibility index (Phi) is 8.01. The normalized spacial score (nSPS) is 34.4. The molecule has 1 rings (SSSR count). The fraction of sp³-hybridized carbons (Fsp3) is 0.900. The molecule has 0 aromatic rings. The van der Waals surface area contributed by atoms with E-state index in [1.807, 2.05) is 6.92 Å². The van der Waals surface area contributed by atoms with Gasteiger partial charge in [0.05, 0.1) is 0 Å². The maximum Gasteiger partial charge on any atom is 1.00 e. The Labute approximate surface area is 130 Å². The Morgan fingerprint density at radius 1 is 1.38 bits per heavy atom. The molecule has 0 radical (unpaired) electrons. The van der Waals surface area contributed by atoms with Crippen molar-refractivity contribution in [2.75, 3.05) is 7.11 Å². The molecule has 0 bridgehead atoms. The van der Waals surface area contributed by atoms with Crippen LogP contribution >= 0.6 is 0 Å². The third-order valence-electron chi connectivity index (χ3n) is 2.92. The van der Waals surface area contributed by atoms with Gasteiger partial charge in [-0.1, -0.05) is 19.8 Å². The maximum atomic E-state index is 9.74. The summed E-state index contributed by atoms with van der Waals surface area (Å²) in [6.45, 7) is 4.16. The third-order valence-corrected chi connectivity index (χ3v) is 2.92. The molecule has 3 heteroatoms. The Bertz CT molecular complexity index is 141. The average molecular weight is 257 g/mol. The van der Waals surface area contributed by atoms with Crippen molar-refractivity contribution in [3.63, 3.8) is 0 Å². The van der Waals surface area contributed by atoms with Crippen molar-refractivity contribution >= 4 is 0 Å². The van der Waals surface area contributed by atoms with Gasteiger partial charge in [0.2, 0.25) is 0 Å². The van der Waals surface area contributed by atoms with Crippen LogP contribution in [0.1, 0.15) is 33.1 Å². The molecule has 2 nitrogen and oxygen atoms in total. The van der Waals surface area contributed by atoms with Gasteiger partial charge in [0.1, 0.15) is 0 Å². The van der Waals surface area contributed by atoms with Crippen molar-refractivity contribution in [1.29, 1.82) is 0 Å². The van der Waals surface area contributed by atoms with Crippen LogP contribution in [0.5, 0.6) is 0 Å². The molecule has 0 aliphatic heterocycles. The van der Waals surface area contributed by atoms with Gasteiger partial charge in [-0.25, -0.2) is 0 Å². The van der Waals surface area contributed by atoms with E-state index in [1.165, 1.54) is 6.42 Å². The number of hydrogen-bond donors (Lipinski definition) is 1. The Balaban J connectivity index is 0.00000144. The molecular formula is C10H19O2Rb. The molecule has 1 saturated carbocycles. The monoisotopic (exact) mass is 256 g/mol. The first-order chi connectivity index (χ1) is 5.65. The molecule has 0 spiro atoms. The summed E-state index contributed by atoms with van der Waals surface area (Å²) in [7, 11) is 1.68. The van der Waals surface area contributed by atoms with Crippen molar-refractivity contribution in [2.24, 2.45) is 11.8 Å². The molecule has 0 amide bonds. The van der Waals surface area contributed by atoms with E-state index in [-0.39, 0.29) is 70.2 Å². The van der Waals surface area contributed by atoms with Crippen LogP contribution in [-0.2, 0) is 4.74 Å². The Hall–Kier alpha value is 1.73. The van der Waals surface area contributed by atoms with Gasteiger partial charge in [-0.05, 0) is 19.4 Å². The second kappa shape index (κ2) is 7.07. The minimum Gasteiger partial charge on any atom is -0.551 e. The largest absolute Gasteiger partial charge is 1.00 e. The van der Waals surface area contributed by atoms with Crippen LogP contribution in [0.25, 0.3) is 0 Å². The second-order valence-electron chi connectivity index (χ2n) is 3.91. The molecule has 1 aliphatic rings. The molecule has 0 aromatic heterocycles. The van der Waals surface area contributed by atoms with E-state index >= 15 is 0 Å². The first kappa shape index (κ1) is 14.7. The van der Waals surface area contributed by atoms with Gasteiger partial charge in [-0.15, -0.1) is 5.92 Å². The molecule has 1 aliphatic carbocycles. The predicted molar refractivity (Wildman–Crippen MR) is 48.4 cm³/mol. The molecule has 0 heterocycles. The SMILES string of the molecule is CO[C-](C)C1CCC(C)CC1O.[Rb+]. The molecule has 3 atom stereocenters. The van der Waals surface area contributed by atoms with Gasteiger partial charge < -0.3 is 9.84 Å². The number of aliphatic hydroxyl groups is 1. The van der Waals surface area contributed by atoms with Gasteiger partial charge in [0.25, 0.3) is 0 Å². The molecule has 1 fully saturated rings. The molecule has 0 saturated heterocycles. The molecular weight excluding hydrogens is 238 g/mol. The van der Waals surface area contributed by atoms with E-state index in [0.717, 1.165) is 18.9 Å². The summed E-state index contributed by atoms with van der Waals surface area (Å²) in [6, 6.07) is 0. The summed E-state index contributed by atoms with van der Waals surface area (Å²) in [5.41, 5.74) is 0. The second-order valence-corrected chi connectivity index (χ2v) is 3.91. The van der Waals surface area contributed by atoms with E-state index in [0.29, 0.717) is 5.92 Å². The summed E-state index contributed by atoms with van der Waals surface area (Å²) in [6.07, 6.45) is 4.00. The maximum absolute atomic E-state index is 9.74. The molecule has 13 heavy (non-hydrogen) atoms. The van der Waals surface area contributed by atoms with E-state index in [2.05, 4.69) is 6.92 Å². The smallest absolute Gasteiger partial charge is 0.551 e. The Morgan fingerprint density at radius 3 is 2.46 bits per heavy atom. The van der Waals surface area contributed by atoms with Crippen LogP contribution in [0, 0.1) is 17.9 Å². The van der Waals surface area contributed by atoms with Crippen molar-refractivity contribution in [2.45, 2.75) is 39.2 Å². The summed E-state index contributed by atoms with van der Waals surface area (Å²) in [5, 5.41) is 9.74. The average Bonchev–Trinajstić information content (AvgIpc) is 2.03. The van der Waals surface area contributed by atoms with Gasteiger partial charge in [-0.3, -0.25) is 0 Å². The van der Waals surface area contributed by atoms with Crippen LogP contribution < -0.4 is 58.2 Å². The fourth-order valence-electron chi connectivity index (χ4n) is 1.98. The quantitative estimate of drug-likeness (QED) is 0.642. The van der Waals surface area contributed by atoms with E-state index in [4.69, 9.17) is 4.74 Å². The topological polar surface area (TPSA) is 29.5 Å². The van der Waals surface area contributed by atoms with Gasteiger partial charge in [-0.2, -0.15) is 13.0 Å². The van der Waals surface area contributed by atoms with E-state index in [1.54, 1.807) is 7.11 Å². The standard InChI is InChI=1S/C10H19O2.Rb/c1-7-4-5-9(8(2)12-3)10(11)6-7;/h7,9-11H,4-6H2,1-3H3;/q-1;+1.